The van der Waals surface area contributed by atoms with E-state index in [1.165, 1.54) is 39.2 Å². The van der Waals surface area contributed by atoms with Crippen LogP contribution in [0.5, 0.6) is 17.2 Å². The Morgan fingerprint density at radius 1 is 1.00 bits per heavy atom. The molecule has 7 nitrogen and oxygen atoms in total. The second-order valence-corrected chi connectivity index (χ2v) is 5.92. The maximum absolute atomic E-state index is 12.5. The van der Waals surface area contributed by atoms with Crippen LogP contribution >= 0.6 is 11.6 Å². The first-order valence-corrected chi connectivity index (χ1v) is 8.41. The second kappa shape index (κ2) is 9.14. The molecule has 2 aromatic carbocycles. The minimum absolute atomic E-state index is 0.228. The number of benzene rings is 2. The number of carbonyl (C=O) groups is 2. The van der Waals surface area contributed by atoms with Crippen LogP contribution in [0.15, 0.2) is 36.4 Å². The molecule has 144 valence electrons. The SMILES string of the molecule is COc1cc(N(CC(=O)Nc2ccccc2OC)C(C)=O)c(OC)cc1Cl. The van der Waals surface area contributed by atoms with Gasteiger partial charge in [-0.05, 0) is 12.1 Å². The van der Waals surface area contributed by atoms with Crippen molar-refractivity contribution < 1.29 is 23.8 Å². The third-order valence-corrected chi connectivity index (χ3v) is 4.10. The number of nitrogens with one attached hydrogen (secondary N) is 1. The number of nitrogens with zero attached hydrogens (tertiary/aromatic N) is 1. The Morgan fingerprint density at radius 3 is 2.22 bits per heavy atom. The fraction of sp³-hybridized carbons (Fsp3) is 0.263. The van der Waals surface area contributed by atoms with Crippen molar-refractivity contribution in [2.45, 2.75) is 6.92 Å². The van der Waals surface area contributed by atoms with Crippen molar-refractivity contribution >= 4 is 34.8 Å². The van der Waals surface area contributed by atoms with Crippen molar-refractivity contribution in [2.24, 2.45) is 0 Å². The van der Waals surface area contributed by atoms with E-state index in [2.05, 4.69) is 5.32 Å². The summed E-state index contributed by atoms with van der Waals surface area (Å²) in [6.45, 7) is 1.13. The molecule has 0 bridgehead atoms. The van der Waals surface area contributed by atoms with Gasteiger partial charge in [0.2, 0.25) is 11.8 Å². The van der Waals surface area contributed by atoms with Gasteiger partial charge in [-0.15, -0.1) is 0 Å². The molecule has 2 amide bonds. The molecular weight excluding hydrogens is 372 g/mol. The molecule has 8 heteroatoms. The molecule has 0 saturated heterocycles. The second-order valence-electron chi connectivity index (χ2n) is 5.51. The van der Waals surface area contributed by atoms with Gasteiger partial charge in [-0.3, -0.25) is 14.5 Å². The number of anilines is 2. The van der Waals surface area contributed by atoms with Gasteiger partial charge in [-0.25, -0.2) is 0 Å². The number of methoxy groups -OCH3 is 3. The van der Waals surface area contributed by atoms with E-state index in [1.807, 2.05) is 0 Å². The fourth-order valence-electron chi connectivity index (χ4n) is 2.50. The van der Waals surface area contributed by atoms with Crippen LogP contribution in [-0.2, 0) is 9.59 Å². The molecule has 0 heterocycles. The Bertz CT molecular complexity index is 841. The molecule has 0 aliphatic carbocycles. The summed E-state index contributed by atoms with van der Waals surface area (Å²) in [5.74, 6) is 0.495. The monoisotopic (exact) mass is 392 g/mol. The van der Waals surface area contributed by atoms with Crippen LogP contribution in [0.3, 0.4) is 0 Å². The molecular formula is C19H21ClN2O5. The number of carbonyl (C=O) groups excluding carboxylic acids is 2. The minimum atomic E-state index is -0.398. The lowest BCUT2D eigenvalue weighted by Gasteiger charge is -2.24. The van der Waals surface area contributed by atoms with Gasteiger partial charge < -0.3 is 19.5 Å². The molecule has 0 atom stereocenters. The lowest BCUT2D eigenvalue weighted by molar-refractivity contribution is -0.120. The third kappa shape index (κ3) is 4.83. The first-order chi connectivity index (χ1) is 12.9. The maximum Gasteiger partial charge on any atom is 0.244 e. The summed E-state index contributed by atoms with van der Waals surface area (Å²) in [5, 5.41) is 3.07. The quantitative estimate of drug-likeness (QED) is 0.781. The zero-order valence-electron chi connectivity index (χ0n) is 15.5. The van der Waals surface area contributed by atoms with Crippen molar-refractivity contribution in [3.8, 4) is 17.2 Å². The molecule has 2 rings (SSSR count). The van der Waals surface area contributed by atoms with E-state index in [9.17, 15) is 9.59 Å². The molecule has 0 aliphatic rings. The number of rotatable bonds is 7. The Kier molecular flexibility index (Phi) is 6.90. The number of halogens is 1. The van der Waals surface area contributed by atoms with Crippen molar-refractivity contribution in [2.75, 3.05) is 38.1 Å². The molecule has 0 unspecified atom stereocenters. The van der Waals surface area contributed by atoms with Crippen molar-refractivity contribution in [3.05, 3.63) is 41.4 Å². The highest BCUT2D eigenvalue weighted by Gasteiger charge is 2.22. The summed E-state index contributed by atoms with van der Waals surface area (Å²) in [7, 11) is 4.43. The summed E-state index contributed by atoms with van der Waals surface area (Å²) >= 11 is 6.11. The van der Waals surface area contributed by atoms with Gasteiger partial charge in [0, 0.05) is 19.1 Å². The average Bonchev–Trinajstić information content (AvgIpc) is 2.66. The highest BCUT2D eigenvalue weighted by molar-refractivity contribution is 6.32. The molecule has 27 heavy (non-hydrogen) atoms. The van der Waals surface area contributed by atoms with E-state index in [0.29, 0.717) is 33.6 Å². The summed E-state index contributed by atoms with van der Waals surface area (Å²) in [4.78, 5) is 26.0. The first kappa shape index (κ1) is 20.4. The largest absolute Gasteiger partial charge is 0.495 e. The number of para-hydroxylation sites is 2. The van der Waals surface area contributed by atoms with E-state index >= 15 is 0 Å². The number of ether oxygens (including phenoxy) is 3. The van der Waals surface area contributed by atoms with E-state index < -0.39 is 5.91 Å². The minimum Gasteiger partial charge on any atom is -0.495 e. The molecule has 1 N–H and O–H groups in total. The first-order valence-electron chi connectivity index (χ1n) is 8.03. The van der Waals surface area contributed by atoms with Gasteiger partial charge in [-0.1, -0.05) is 23.7 Å². The maximum atomic E-state index is 12.5. The van der Waals surface area contributed by atoms with Crippen LogP contribution in [0.25, 0.3) is 0 Å². The van der Waals surface area contributed by atoms with Crippen LogP contribution in [-0.4, -0.2) is 39.7 Å². The van der Waals surface area contributed by atoms with Crippen molar-refractivity contribution in [1.82, 2.24) is 0 Å². The highest BCUT2D eigenvalue weighted by atomic mass is 35.5. The summed E-state index contributed by atoms with van der Waals surface area (Å²) in [6, 6.07) is 10.1. The van der Waals surface area contributed by atoms with Crippen molar-refractivity contribution in [3.63, 3.8) is 0 Å². The predicted molar refractivity (Wildman–Crippen MR) is 104 cm³/mol. The molecule has 0 radical (unpaired) electrons. The van der Waals surface area contributed by atoms with Gasteiger partial charge in [0.1, 0.15) is 23.8 Å². The van der Waals surface area contributed by atoms with E-state index in [-0.39, 0.29) is 12.5 Å². The van der Waals surface area contributed by atoms with Gasteiger partial charge in [-0.2, -0.15) is 0 Å². The lowest BCUT2D eigenvalue weighted by Crippen LogP contribution is -2.37. The number of hydrogen-bond acceptors (Lipinski definition) is 5. The van der Waals surface area contributed by atoms with Gasteiger partial charge in [0.25, 0.3) is 0 Å². The molecule has 2 aromatic rings. The van der Waals surface area contributed by atoms with Gasteiger partial charge in [0.05, 0.1) is 37.7 Å². The van der Waals surface area contributed by atoms with Gasteiger partial charge >= 0.3 is 0 Å². The third-order valence-electron chi connectivity index (χ3n) is 3.81. The average molecular weight is 393 g/mol. The number of hydrogen-bond donors (Lipinski definition) is 1. The summed E-state index contributed by atoms with van der Waals surface area (Å²) in [5.41, 5.74) is 0.885. The van der Waals surface area contributed by atoms with Crippen LogP contribution in [0, 0.1) is 0 Å². The fourth-order valence-corrected chi connectivity index (χ4v) is 2.73. The van der Waals surface area contributed by atoms with Crippen molar-refractivity contribution in [1.29, 1.82) is 0 Å². The zero-order chi connectivity index (χ0) is 20.0. The highest BCUT2D eigenvalue weighted by Crippen LogP contribution is 2.38. The molecule has 0 fully saturated rings. The Labute approximate surface area is 162 Å². The molecule has 0 spiro atoms. The van der Waals surface area contributed by atoms with Crippen LogP contribution in [0.2, 0.25) is 5.02 Å². The molecule has 0 saturated carbocycles. The standard InChI is InChI=1S/C19H21ClN2O5/c1-12(23)22(15-10-17(26-3)13(20)9-18(15)27-4)11-19(24)21-14-7-5-6-8-16(14)25-2/h5-10H,11H2,1-4H3,(H,21,24). The Morgan fingerprint density at radius 2 is 1.63 bits per heavy atom. The predicted octanol–water partition coefficient (Wildman–Crippen LogP) is 3.36. The van der Waals surface area contributed by atoms with Crippen LogP contribution in [0.1, 0.15) is 6.92 Å². The normalized spacial score (nSPS) is 10.1. The van der Waals surface area contributed by atoms with Gasteiger partial charge in [0.15, 0.2) is 0 Å². The molecule has 0 aliphatic heterocycles. The number of amides is 2. The topological polar surface area (TPSA) is 77.1 Å². The Balaban J connectivity index is 2.30. The molecule has 0 aromatic heterocycles. The Hall–Kier alpha value is -2.93. The van der Waals surface area contributed by atoms with Crippen LogP contribution < -0.4 is 24.4 Å². The van der Waals surface area contributed by atoms with E-state index in [4.69, 9.17) is 25.8 Å². The zero-order valence-corrected chi connectivity index (χ0v) is 16.3. The van der Waals surface area contributed by atoms with Crippen LogP contribution in [0.4, 0.5) is 11.4 Å². The van der Waals surface area contributed by atoms with E-state index in [0.717, 1.165) is 0 Å². The summed E-state index contributed by atoms with van der Waals surface area (Å²) in [6.07, 6.45) is 0. The lowest BCUT2D eigenvalue weighted by atomic mass is 10.2. The summed E-state index contributed by atoms with van der Waals surface area (Å²) < 4.78 is 15.7. The van der Waals surface area contributed by atoms with E-state index in [1.54, 1.807) is 30.3 Å². The smallest absolute Gasteiger partial charge is 0.244 e.